The lowest BCUT2D eigenvalue weighted by Crippen LogP contribution is -2.19. The zero-order valence-corrected chi connectivity index (χ0v) is 11.6. The molecule has 0 aromatic carbocycles. The van der Waals surface area contributed by atoms with Gasteiger partial charge >= 0.3 is 0 Å². The fraction of sp³-hybridized carbons (Fsp3) is 0.250. The molecule has 1 atom stereocenters. The second-order valence-electron chi connectivity index (χ2n) is 3.56. The SMILES string of the molecule is CNC(c1ncccc1Br)c1sccc1C. The fourth-order valence-electron chi connectivity index (χ4n) is 1.68. The topological polar surface area (TPSA) is 24.9 Å². The van der Waals surface area contributed by atoms with E-state index in [9.17, 15) is 0 Å². The molecule has 2 aromatic rings. The summed E-state index contributed by atoms with van der Waals surface area (Å²) in [5.41, 5.74) is 2.34. The second-order valence-corrected chi connectivity index (χ2v) is 5.36. The van der Waals surface area contributed by atoms with Gasteiger partial charge in [-0.05, 0) is 59.0 Å². The van der Waals surface area contributed by atoms with Crippen molar-refractivity contribution in [3.05, 3.63) is 50.4 Å². The van der Waals surface area contributed by atoms with Gasteiger partial charge in [-0.1, -0.05) is 0 Å². The highest BCUT2D eigenvalue weighted by Gasteiger charge is 2.18. The van der Waals surface area contributed by atoms with Crippen molar-refractivity contribution in [2.75, 3.05) is 7.05 Å². The monoisotopic (exact) mass is 296 g/mol. The van der Waals surface area contributed by atoms with Gasteiger partial charge in [-0.25, -0.2) is 0 Å². The number of hydrogen-bond donors (Lipinski definition) is 1. The van der Waals surface area contributed by atoms with Crippen molar-refractivity contribution in [3.8, 4) is 0 Å². The number of pyridine rings is 1. The average molecular weight is 297 g/mol. The summed E-state index contributed by atoms with van der Waals surface area (Å²) in [7, 11) is 1.96. The maximum absolute atomic E-state index is 4.44. The van der Waals surface area contributed by atoms with Crippen LogP contribution in [-0.2, 0) is 0 Å². The molecule has 0 radical (unpaired) electrons. The molecule has 4 heteroatoms. The van der Waals surface area contributed by atoms with E-state index in [1.165, 1.54) is 10.4 Å². The van der Waals surface area contributed by atoms with Crippen LogP contribution in [0.4, 0.5) is 0 Å². The first-order valence-corrected chi connectivity index (χ1v) is 6.73. The highest BCUT2D eigenvalue weighted by Crippen LogP contribution is 2.31. The van der Waals surface area contributed by atoms with Gasteiger partial charge in [-0.3, -0.25) is 4.98 Å². The van der Waals surface area contributed by atoms with Gasteiger partial charge in [-0.15, -0.1) is 11.3 Å². The van der Waals surface area contributed by atoms with E-state index >= 15 is 0 Å². The quantitative estimate of drug-likeness (QED) is 0.937. The molecule has 0 saturated heterocycles. The minimum Gasteiger partial charge on any atom is -0.307 e. The van der Waals surface area contributed by atoms with E-state index in [-0.39, 0.29) is 6.04 Å². The third kappa shape index (κ3) is 2.19. The largest absolute Gasteiger partial charge is 0.307 e. The highest BCUT2D eigenvalue weighted by atomic mass is 79.9. The molecule has 84 valence electrons. The van der Waals surface area contributed by atoms with Crippen molar-refractivity contribution < 1.29 is 0 Å². The summed E-state index contributed by atoms with van der Waals surface area (Å²) in [5, 5.41) is 5.44. The second kappa shape index (κ2) is 5.08. The number of rotatable bonds is 3. The number of hydrogen-bond acceptors (Lipinski definition) is 3. The Balaban J connectivity index is 2.45. The molecule has 2 aromatic heterocycles. The van der Waals surface area contributed by atoms with Crippen LogP contribution in [0.25, 0.3) is 0 Å². The van der Waals surface area contributed by atoms with Crippen LogP contribution >= 0.6 is 27.3 Å². The molecule has 0 amide bonds. The zero-order chi connectivity index (χ0) is 11.5. The molecule has 0 bridgehead atoms. The summed E-state index contributed by atoms with van der Waals surface area (Å²) in [5.74, 6) is 0. The first-order valence-electron chi connectivity index (χ1n) is 5.05. The lowest BCUT2D eigenvalue weighted by Gasteiger charge is -2.16. The van der Waals surface area contributed by atoms with Crippen LogP contribution in [0.15, 0.2) is 34.2 Å². The number of halogens is 1. The standard InChI is InChI=1S/C12H13BrN2S/c1-8-5-7-16-12(8)11(14-2)10-9(13)4-3-6-15-10/h3-7,11,14H,1-2H3. The normalized spacial score (nSPS) is 12.7. The van der Waals surface area contributed by atoms with E-state index in [0.717, 1.165) is 10.2 Å². The summed E-state index contributed by atoms with van der Waals surface area (Å²) in [6.07, 6.45) is 1.83. The predicted octanol–water partition coefficient (Wildman–Crippen LogP) is 3.52. The van der Waals surface area contributed by atoms with Crippen molar-refractivity contribution in [3.63, 3.8) is 0 Å². The molecular weight excluding hydrogens is 284 g/mol. The molecule has 16 heavy (non-hydrogen) atoms. The molecule has 2 rings (SSSR count). The van der Waals surface area contributed by atoms with Gasteiger partial charge in [0.15, 0.2) is 0 Å². The van der Waals surface area contributed by atoms with Crippen molar-refractivity contribution in [1.29, 1.82) is 0 Å². The summed E-state index contributed by atoms with van der Waals surface area (Å²) in [4.78, 5) is 5.77. The summed E-state index contributed by atoms with van der Waals surface area (Å²) < 4.78 is 1.04. The lowest BCUT2D eigenvalue weighted by atomic mass is 10.1. The van der Waals surface area contributed by atoms with Crippen LogP contribution in [0.2, 0.25) is 0 Å². The smallest absolute Gasteiger partial charge is 0.0856 e. The maximum atomic E-state index is 4.44. The molecule has 0 saturated carbocycles. The van der Waals surface area contributed by atoms with E-state index in [1.807, 2.05) is 25.4 Å². The van der Waals surface area contributed by atoms with E-state index < -0.39 is 0 Å². The number of nitrogens with one attached hydrogen (secondary N) is 1. The van der Waals surface area contributed by atoms with E-state index in [2.05, 4.69) is 44.6 Å². The Morgan fingerprint density at radius 1 is 1.44 bits per heavy atom. The van der Waals surface area contributed by atoms with Crippen LogP contribution in [0.5, 0.6) is 0 Å². The molecule has 0 aliphatic carbocycles. The van der Waals surface area contributed by atoms with Crippen molar-refractivity contribution >= 4 is 27.3 Å². The molecule has 0 fully saturated rings. The Hall–Kier alpha value is -0.710. The number of aromatic nitrogens is 1. The Bertz CT molecular complexity index is 481. The van der Waals surface area contributed by atoms with Gasteiger partial charge in [0.2, 0.25) is 0 Å². The Morgan fingerprint density at radius 3 is 2.81 bits per heavy atom. The van der Waals surface area contributed by atoms with Crippen molar-refractivity contribution in [1.82, 2.24) is 10.3 Å². The van der Waals surface area contributed by atoms with Crippen LogP contribution in [0.1, 0.15) is 22.2 Å². The Labute approximate surface area is 108 Å². The lowest BCUT2D eigenvalue weighted by molar-refractivity contribution is 0.675. The van der Waals surface area contributed by atoms with E-state index in [4.69, 9.17) is 0 Å². The van der Waals surface area contributed by atoms with Gasteiger partial charge in [0.05, 0.1) is 11.7 Å². The molecule has 2 heterocycles. The predicted molar refractivity (Wildman–Crippen MR) is 71.9 cm³/mol. The Morgan fingerprint density at radius 2 is 2.25 bits per heavy atom. The van der Waals surface area contributed by atoms with E-state index in [1.54, 1.807) is 11.3 Å². The molecule has 0 spiro atoms. The third-order valence-corrected chi connectivity index (χ3v) is 4.27. The number of aryl methyl sites for hydroxylation is 1. The average Bonchev–Trinajstić information content (AvgIpc) is 2.69. The van der Waals surface area contributed by atoms with Crippen molar-refractivity contribution in [2.24, 2.45) is 0 Å². The van der Waals surface area contributed by atoms with Crippen LogP contribution in [0.3, 0.4) is 0 Å². The fourth-order valence-corrected chi connectivity index (χ4v) is 3.20. The molecule has 0 aliphatic heterocycles. The van der Waals surface area contributed by atoms with Crippen LogP contribution in [0, 0.1) is 6.92 Å². The summed E-state index contributed by atoms with van der Waals surface area (Å²) >= 11 is 5.31. The Kier molecular flexibility index (Phi) is 3.74. The zero-order valence-electron chi connectivity index (χ0n) is 9.20. The molecule has 1 unspecified atom stereocenters. The molecular formula is C12H13BrN2S. The van der Waals surface area contributed by atoms with Gasteiger partial charge in [0, 0.05) is 15.5 Å². The highest BCUT2D eigenvalue weighted by molar-refractivity contribution is 9.10. The number of nitrogens with zero attached hydrogens (tertiary/aromatic N) is 1. The van der Waals surface area contributed by atoms with Gasteiger partial charge < -0.3 is 5.32 Å². The van der Waals surface area contributed by atoms with Gasteiger partial charge in [-0.2, -0.15) is 0 Å². The third-order valence-electron chi connectivity index (χ3n) is 2.51. The van der Waals surface area contributed by atoms with Gasteiger partial charge in [0.25, 0.3) is 0 Å². The van der Waals surface area contributed by atoms with Crippen LogP contribution in [-0.4, -0.2) is 12.0 Å². The minimum atomic E-state index is 0.163. The summed E-state index contributed by atoms with van der Waals surface area (Å²) in [6.45, 7) is 2.13. The summed E-state index contributed by atoms with van der Waals surface area (Å²) in [6, 6.07) is 6.26. The van der Waals surface area contributed by atoms with Crippen LogP contribution < -0.4 is 5.32 Å². The van der Waals surface area contributed by atoms with Crippen molar-refractivity contribution in [2.45, 2.75) is 13.0 Å². The molecule has 1 N–H and O–H groups in total. The first kappa shape index (κ1) is 11.8. The molecule has 2 nitrogen and oxygen atoms in total. The maximum Gasteiger partial charge on any atom is 0.0856 e. The first-order chi connectivity index (χ1) is 7.74. The van der Waals surface area contributed by atoms with E-state index in [0.29, 0.717) is 0 Å². The van der Waals surface area contributed by atoms with Gasteiger partial charge in [0.1, 0.15) is 0 Å². The number of thiophene rings is 1. The molecule has 0 aliphatic rings. The minimum absolute atomic E-state index is 0.163.